The van der Waals surface area contributed by atoms with Gasteiger partial charge in [-0.25, -0.2) is 4.79 Å². The quantitative estimate of drug-likeness (QED) is 0.464. The fourth-order valence-electron chi connectivity index (χ4n) is 3.71. The SMILES string of the molecule is O=C(O)CC(NC(=O)OCC1c2ccccc2-c2ccccc21)C(=O)Nc1cn[nH]c1. The number of ether oxygens (including phenoxy) is 1. The van der Waals surface area contributed by atoms with Gasteiger partial charge in [0.05, 0.1) is 18.3 Å². The number of H-pyrrole nitrogens is 1. The number of amides is 2. The molecule has 1 aliphatic rings. The average Bonchev–Trinajstić information content (AvgIpc) is 3.37. The lowest BCUT2D eigenvalue weighted by atomic mass is 9.98. The number of nitrogens with one attached hydrogen (secondary N) is 3. The number of carboxylic acids is 1. The molecule has 4 rings (SSSR count). The second-order valence-corrected chi connectivity index (χ2v) is 7.10. The third-order valence-corrected chi connectivity index (χ3v) is 5.10. The predicted octanol–water partition coefficient (Wildman–Crippen LogP) is 2.73. The van der Waals surface area contributed by atoms with E-state index in [-0.39, 0.29) is 12.5 Å². The van der Waals surface area contributed by atoms with Gasteiger partial charge < -0.3 is 20.5 Å². The fraction of sp³-hybridized carbons (Fsp3) is 0.182. The van der Waals surface area contributed by atoms with Crippen molar-refractivity contribution in [2.75, 3.05) is 11.9 Å². The highest BCUT2D eigenvalue weighted by Crippen LogP contribution is 2.44. The molecule has 0 saturated carbocycles. The van der Waals surface area contributed by atoms with Crippen LogP contribution in [0, 0.1) is 0 Å². The minimum Gasteiger partial charge on any atom is -0.481 e. The first-order valence-electron chi connectivity index (χ1n) is 9.66. The van der Waals surface area contributed by atoms with Crippen molar-refractivity contribution in [1.82, 2.24) is 15.5 Å². The molecule has 1 heterocycles. The van der Waals surface area contributed by atoms with Crippen molar-refractivity contribution in [3.05, 3.63) is 72.1 Å². The Bertz CT molecular complexity index is 1070. The number of nitrogens with zero attached hydrogens (tertiary/aromatic N) is 1. The number of benzene rings is 2. The summed E-state index contributed by atoms with van der Waals surface area (Å²) in [7, 11) is 0. The highest BCUT2D eigenvalue weighted by molar-refractivity contribution is 5.98. The Labute approximate surface area is 177 Å². The molecule has 2 aromatic carbocycles. The zero-order valence-corrected chi connectivity index (χ0v) is 16.4. The van der Waals surface area contributed by atoms with Gasteiger partial charge in [-0.05, 0) is 22.3 Å². The molecule has 0 aliphatic heterocycles. The maximum atomic E-state index is 12.4. The molecule has 31 heavy (non-hydrogen) atoms. The Morgan fingerprint density at radius 2 is 1.71 bits per heavy atom. The molecule has 4 N–H and O–H groups in total. The van der Waals surface area contributed by atoms with Crippen LogP contribution < -0.4 is 10.6 Å². The van der Waals surface area contributed by atoms with Crippen molar-refractivity contribution in [3.63, 3.8) is 0 Å². The number of carboxylic acid groups (broad SMARTS) is 1. The summed E-state index contributed by atoms with van der Waals surface area (Å²) in [5.74, 6) is -2.06. The van der Waals surface area contributed by atoms with Crippen molar-refractivity contribution in [2.24, 2.45) is 0 Å². The van der Waals surface area contributed by atoms with Crippen molar-refractivity contribution < 1.29 is 24.2 Å². The molecule has 1 aromatic heterocycles. The number of hydrogen-bond acceptors (Lipinski definition) is 5. The van der Waals surface area contributed by atoms with Crippen LogP contribution in [0.4, 0.5) is 10.5 Å². The van der Waals surface area contributed by atoms with E-state index in [2.05, 4.69) is 20.8 Å². The van der Waals surface area contributed by atoms with Crippen LogP contribution >= 0.6 is 0 Å². The molecule has 0 bridgehead atoms. The number of rotatable bonds is 7. The summed E-state index contributed by atoms with van der Waals surface area (Å²) in [6.45, 7) is 0.0585. The number of carbonyl (C=O) groups excluding carboxylic acids is 2. The Morgan fingerprint density at radius 1 is 1.06 bits per heavy atom. The van der Waals surface area contributed by atoms with Crippen LogP contribution in [0.1, 0.15) is 23.5 Å². The third kappa shape index (κ3) is 4.40. The molecule has 1 aliphatic carbocycles. The monoisotopic (exact) mass is 420 g/mol. The lowest BCUT2D eigenvalue weighted by Crippen LogP contribution is -2.45. The van der Waals surface area contributed by atoms with Crippen LogP contribution in [0.25, 0.3) is 11.1 Å². The number of carbonyl (C=O) groups is 3. The summed E-state index contributed by atoms with van der Waals surface area (Å²) >= 11 is 0. The molecule has 0 saturated heterocycles. The molecular weight excluding hydrogens is 400 g/mol. The van der Waals surface area contributed by atoms with E-state index in [4.69, 9.17) is 9.84 Å². The Morgan fingerprint density at radius 3 is 2.29 bits per heavy atom. The summed E-state index contributed by atoms with van der Waals surface area (Å²) in [4.78, 5) is 35.9. The molecule has 1 unspecified atom stereocenters. The molecule has 158 valence electrons. The van der Waals surface area contributed by atoms with Gasteiger partial charge in [-0.2, -0.15) is 5.10 Å². The zero-order chi connectivity index (χ0) is 21.8. The minimum absolute atomic E-state index is 0.0585. The zero-order valence-electron chi connectivity index (χ0n) is 16.4. The fourth-order valence-corrected chi connectivity index (χ4v) is 3.71. The van der Waals surface area contributed by atoms with E-state index in [0.29, 0.717) is 5.69 Å². The van der Waals surface area contributed by atoms with Gasteiger partial charge in [0.25, 0.3) is 0 Å². The van der Waals surface area contributed by atoms with E-state index in [1.165, 1.54) is 12.4 Å². The number of anilines is 1. The Kier molecular flexibility index (Phi) is 5.65. The van der Waals surface area contributed by atoms with Gasteiger partial charge in [0.2, 0.25) is 5.91 Å². The van der Waals surface area contributed by atoms with E-state index >= 15 is 0 Å². The number of alkyl carbamates (subject to hydrolysis) is 1. The Balaban J connectivity index is 1.43. The van der Waals surface area contributed by atoms with Crippen LogP contribution in [0.15, 0.2) is 60.9 Å². The van der Waals surface area contributed by atoms with E-state index in [9.17, 15) is 14.4 Å². The lowest BCUT2D eigenvalue weighted by Gasteiger charge is -2.18. The molecule has 3 aromatic rings. The van der Waals surface area contributed by atoms with Gasteiger partial charge in [0.1, 0.15) is 12.6 Å². The predicted molar refractivity (Wildman–Crippen MR) is 111 cm³/mol. The summed E-state index contributed by atoms with van der Waals surface area (Å²) < 4.78 is 5.40. The van der Waals surface area contributed by atoms with E-state index in [0.717, 1.165) is 22.3 Å². The molecule has 9 heteroatoms. The molecule has 0 fully saturated rings. The number of aliphatic carboxylic acids is 1. The lowest BCUT2D eigenvalue weighted by molar-refractivity contribution is -0.139. The summed E-state index contributed by atoms with van der Waals surface area (Å²) in [6, 6.07) is 14.5. The van der Waals surface area contributed by atoms with Crippen LogP contribution in [-0.2, 0) is 14.3 Å². The van der Waals surface area contributed by atoms with Gasteiger partial charge in [0.15, 0.2) is 0 Å². The van der Waals surface area contributed by atoms with Gasteiger partial charge in [-0.15, -0.1) is 0 Å². The maximum absolute atomic E-state index is 12.4. The first-order chi connectivity index (χ1) is 15.0. The van der Waals surface area contributed by atoms with Crippen molar-refractivity contribution in [3.8, 4) is 11.1 Å². The average molecular weight is 420 g/mol. The van der Waals surface area contributed by atoms with Crippen LogP contribution in [-0.4, -0.2) is 45.9 Å². The summed E-state index contributed by atoms with van der Waals surface area (Å²) in [5.41, 5.74) is 4.65. The molecule has 0 radical (unpaired) electrons. The second-order valence-electron chi connectivity index (χ2n) is 7.10. The first kappa shape index (κ1) is 20.1. The first-order valence-corrected chi connectivity index (χ1v) is 9.66. The Hall–Kier alpha value is -4.14. The third-order valence-electron chi connectivity index (χ3n) is 5.10. The van der Waals surface area contributed by atoms with Crippen molar-refractivity contribution >= 4 is 23.7 Å². The highest BCUT2D eigenvalue weighted by atomic mass is 16.5. The smallest absolute Gasteiger partial charge is 0.407 e. The number of hydrogen-bond donors (Lipinski definition) is 4. The molecule has 1 atom stereocenters. The minimum atomic E-state index is -1.30. The van der Waals surface area contributed by atoms with Crippen molar-refractivity contribution in [1.29, 1.82) is 0 Å². The van der Waals surface area contributed by atoms with Gasteiger partial charge in [-0.3, -0.25) is 14.7 Å². The molecule has 2 amide bonds. The van der Waals surface area contributed by atoms with Gasteiger partial charge in [0, 0.05) is 12.1 Å². The number of fused-ring (bicyclic) bond motifs is 3. The molecule has 0 spiro atoms. The number of aromatic amines is 1. The van der Waals surface area contributed by atoms with E-state index in [1.54, 1.807) is 0 Å². The normalized spacial score (nSPS) is 13.0. The summed E-state index contributed by atoms with van der Waals surface area (Å²) in [6.07, 6.45) is 1.34. The molecular formula is C22H20N4O5. The van der Waals surface area contributed by atoms with Crippen LogP contribution in [0.3, 0.4) is 0 Å². The summed E-state index contributed by atoms with van der Waals surface area (Å²) in [5, 5.41) is 20.2. The second kappa shape index (κ2) is 8.70. The van der Waals surface area contributed by atoms with E-state index in [1.807, 2.05) is 48.5 Å². The topological polar surface area (TPSA) is 133 Å². The van der Waals surface area contributed by atoms with E-state index < -0.39 is 30.4 Å². The molecule has 9 nitrogen and oxygen atoms in total. The van der Waals surface area contributed by atoms with Crippen LogP contribution in [0.5, 0.6) is 0 Å². The van der Waals surface area contributed by atoms with Gasteiger partial charge >= 0.3 is 12.1 Å². The standard InChI is InChI=1S/C22H20N4O5/c27-20(28)9-19(21(29)25-13-10-23-24-11-13)26-22(30)31-12-18-16-7-3-1-5-14(16)15-6-2-4-8-17(15)18/h1-8,10-11,18-19H,9,12H2,(H,23,24)(H,25,29)(H,26,30)(H,27,28). The largest absolute Gasteiger partial charge is 0.481 e. The maximum Gasteiger partial charge on any atom is 0.407 e. The number of aromatic nitrogens is 2. The van der Waals surface area contributed by atoms with Crippen LogP contribution in [0.2, 0.25) is 0 Å². The highest BCUT2D eigenvalue weighted by Gasteiger charge is 2.30. The van der Waals surface area contributed by atoms with Gasteiger partial charge in [-0.1, -0.05) is 48.5 Å². The van der Waals surface area contributed by atoms with Crippen molar-refractivity contribution in [2.45, 2.75) is 18.4 Å².